The fraction of sp³-hybridized carbons (Fsp3) is 0.158. The number of esters is 1. The Labute approximate surface area is 184 Å². The zero-order valence-electron chi connectivity index (χ0n) is 16.3. The highest BCUT2D eigenvalue weighted by molar-refractivity contribution is 7.89. The molecular formula is C19H16N4O5S3. The van der Waals surface area contributed by atoms with E-state index in [4.69, 9.17) is 9.88 Å². The highest BCUT2D eigenvalue weighted by Gasteiger charge is 2.21. The van der Waals surface area contributed by atoms with Crippen LogP contribution in [0.25, 0.3) is 20.3 Å². The summed E-state index contributed by atoms with van der Waals surface area (Å²) in [6.45, 7) is 3.73. The average Bonchev–Trinajstić information content (AvgIpc) is 3.29. The van der Waals surface area contributed by atoms with E-state index in [0.29, 0.717) is 20.3 Å². The van der Waals surface area contributed by atoms with Crippen LogP contribution >= 0.6 is 22.7 Å². The quantitative estimate of drug-likeness (QED) is 0.314. The summed E-state index contributed by atoms with van der Waals surface area (Å²) in [5.41, 5.74) is 0.906. The van der Waals surface area contributed by atoms with Crippen molar-refractivity contribution in [2.24, 2.45) is 15.4 Å². The first-order valence-electron chi connectivity index (χ1n) is 8.95. The number of ether oxygens (including phenoxy) is 1. The Balaban J connectivity index is 1.82. The number of rotatable bonds is 5. The first-order valence-corrected chi connectivity index (χ1v) is 12.1. The minimum absolute atomic E-state index is 0.0222. The van der Waals surface area contributed by atoms with Crippen molar-refractivity contribution in [3.05, 3.63) is 40.8 Å². The predicted octanol–water partition coefficient (Wildman–Crippen LogP) is 4.76. The van der Waals surface area contributed by atoms with E-state index in [1.165, 1.54) is 35.6 Å². The number of thiazole rings is 1. The Morgan fingerprint density at radius 1 is 1.23 bits per heavy atom. The van der Waals surface area contributed by atoms with Crippen LogP contribution in [0.4, 0.5) is 10.8 Å². The summed E-state index contributed by atoms with van der Waals surface area (Å²) in [7, 11) is -3.84. The van der Waals surface area contributed by atoms with Crippen LogP contribution in [0.1, 0.15) is 22.2 Å². The van der Waals surface area contributed by atoms with Gasteiger partial charge < -0.3 is 9.84 Å². The molecule has 0 aliphatic heterocycles. The number of thiophene rings is 1. The standard InChI is InChI=1S/C19H16N4O5S3/c1-3-28-18(25)12-8-14(24)11-6-9(2)29-17(11)16(12)22-23-19-21-13-5-4-10(31(20,26)27)7-15(13)30-19/h4-8,24H,3H2,1-2H3,(H2,20,26,27). The first-order chi connectivity index (χ1) is 14.7. The van der Waals surface area contributed by atoms with E-state index in [2.05, 4.69) is 15.2 Å². The number of nitrogens with two attached hydrogens (primary N) is 1. The van der Waals surface area contributed by atoms with Gasteiger partial charge >= 0.3 is 5.97 Å². The van der Waals surface area contributed by atoms with Gasteiger partial charge in [-0.1, -0.05) is 11.3 Å². The lowest BCUT2D eigenvalue weighted by Crippen LogP contribution is -2.11. The third-order valence-electron chi connectivity index (χ3n) is 4.29. The van der Waals surface area contributed by atoms with Gasteiger partial charge in [-0.15, -0.1) is 21.6 Å². The topological polar surface area (TPSA) is 144 Å². The molecule has 0 fully saturated rings. The number of benzene rings is 2. The molecule has 3 N–H and O–H groups in total. The number of carbonyl (C=O) groups is 1. The van der Waals surface area contributed by atoms with Crippen molar-refractivity contribution in [1.29, 1.82) is 0 Å². The molecule has 2 heterocycles. The smallest absolute Gasteiger partial charge is 0.340 e. The number of hydrogen-bond donors (Lipinski definition) is 2. The summed E-state index contributed by atoms with van der Waals surface area (Å²) in [4.78, 5) is 17.7. The fourth-order valence-electron chi connectivity index (χ4n) is 2.95. The second-order valence-electron chi connectivity index (χ2n) is 6.48. The summed E-state index contributed by atoms with van der Waals surface area (Å²) in [6.07, 6.45) is 0. The van der Waals surface area contributed by atoms with Crippen LogP contribution in [-0.4, -0.2) is 31.1 Å². The molecule has 0 aliphatic rings. The van der Waals surface area contributed by atoms with Crippen molar-refractivity contribution in [1.82, 2.24) is 4.98 Å². The van der Waals surface area contributed by atoms with Gasteiger partial charge in [-0.3, -0.25) is 0 Å². The molecule has 0 bridgehead atoms. The molecule has 0 amide bonds. The summed E-state index contributed by atoms with van der Waals surface area (Å²) in [5, 5.41) is 24.8. The maximum absolute atomic E-state index is 12.4. The van der Waals surface area contributed by atoms with E-state index < -0.39 is 16.0 Å². The number of fused-ring (bicyclic) bond motifs is 2. The van der Waals surface area contributed by atoms with Crippen LogP contribution in [0.15, 0.2) is 45.5 Å². The Bertz CT molecular complexity index is 1470. The van der Waals surface area contributed by atoms with Crippen molar-refractivity contribution < 1.29 is 23.1 Å². The van der Waals surface area contributed by atoms with E-state index in [1.807, 2.05) is 6.92 Å². The second-order valence-corrected chi connectivity index (χ2v) is 10.3. The zero-order valence-corrected chi connectivity index (χ0v) is 18.8. The highest BCUT2D eigenvalue weighted by atomic mass is 32.2. The molecule has 160 valence electrons. The number of aromatic nitrogens is 1. The molecule has 4 aromatic rings. The van der Waals surface area contributed by atoms with Crippen LogP contribution in [-0.2, 0) is 14.8 Å². The normalized spacial score (nSPS) is 12.2. The molecule has 4 rings (SSSR count). The third kappa shape index (κ3) is 4.14. The molecule has 9 nitrogen and oxygen atoms in total. The highest BCUT2D eigenvalue weighted by Crippen LogP contribution is 2.42. The summed E-state index contributed by atoms with van der Waals surface area (Å²) in [5.74, 6) is -0.668. The van der Waals surface area contributed by atoms with Gasteiger partial charge in [0.2, 0.25) is 15.2 Å². The maximum Gasteiger partial charge on any atom is 0.340 e. The lowest BCUT2D eigenvalue weighted by molar-refractivity contribution is 0.0527. The molecular weight excluding hydrogens is 460 g/mol. The summed E-state index contributed by atoms with van der Waals surface area (Å²) in [6, 6.07) is 7.45. The molecule has 0 radical (unpaired) electrons. The molecule has 0 unspecified atom stereocenters. The molecule has 12 heteroatoms. The van der Waals surface area contributed by atoms with Gasteiger partial charge in [0, 0.05) is 10.3 Å². The van der Waals surface area contributed by atoms with Crippen LogP contribution in [0, 0.1) is 6.92 Å². The van der Waals surface area contributed by atoms with Crippen molar-refractivity contribution in [3.8, 4) is 5.75 Å². The lowest BCUT2D eigenvalue weighted by atomic mass is 10.1. The Hall–Kier alpha value is -2.93. The SMILES string of the molecule is CCOC(=O)c1cc(O)c2cc(C)sc2c1N=Nc1nc2ccc(S(N)(=O)=O)cc2s1. The van der Waals surface area contributed by atoms with Crippen molar-refractivity contribution in [2.75, 3.05) is 6.61 Å². The number of primary sulfonamides is 1. The van der Waals surface area contributed by atoms with E-state index in [9.17, 15) is 18.3 Å². The predicted molar refractivity (Wildman–Crippen MR) is 119 cm³/mol. The molecule has 0 saturated carbocycles. The molecule has 0 saturated heterocycles. The number of nitrogens with zero attached hydrogens (tertiary/aromatic N) is 3. The van der Waals surface area contributed by atoms with E-state index in [1.54, 1.807) is 13.0 Å². The lowest BCUT2D eigenvalue weighted by Gasteiger charge is -2.07. The molecule has 0 aliphatic carbocycles. The van der Waals surface area contributed by atoms with Crippen LogP contribution in [0.5, 0.6) is 5.75 Å². The van der Waals surface area contributed by atoms with Crippen molar-refractivity contribution >= 4 is 69.8 Å². The summed E-state index contributed by atoms with van der Waals surface area (Å²) >= 11 is 2.50. The van der Waals surface area contributed by atoms with Crippen molar-refractivity contribution in [2.45, 2.75) is 18.7 Å². The molecule has 2 aromatic heterocycles. The van der Waals surface area contributed by atoms with E-state index in [0.717, 1.165) is 16.2 Å². The number of aryl methyl sites for hydroxylation is 1. The second kappa shape index (κ2) is 7.96. The number of sulfonamides is 1. The van der Waals surface area contributed by atoms with Gasteiger partial charge in [-0.05, 0) is 44.2 Å². The monoisotopic (exact) mass is 476 g/mol. The van der Waals surface area contributed by atoms with Gasteiger partial charge in [-0.2, -0.15) is 0 Å². The van der Waals surface area contributed by atoms with E-state index in [-0.39, 0.29) is 33.6 Å². The van der Waals surface area contributed by atoms with Crippen molar-refractivity contribution in [3.63, 3.8) is 0 Å². The number of hydrogen-bond acceptors (Lipinski definition) is 10. The van der Waals surface area contributed by atoms with Gasteiger partial charge in [0.1, 0.15) is 11.4 Å². The van der Waals surface area contributed by atoms with Gasteiger partial charge in [-0.25, -0.2) is 23.3 Å². The fourth-order valence-corrected chi connectivity index (χ4v) is 5.42. The molecule has 31 heavy (non-hydrogen) atoms. The first kappa shape index (κ1) is 21.3. The zero-order chi connectivity index (χ0) is 22.3. The maximum atomic E-state index is 12.4. The number of carbonyl (C=O) groups excluding carboxylic acids is 1. The number of phenolic OH excluding ortho intramolecular Hbond substituents is 1. The minimum atomic E-state index is -3.84. The van der Waals surface area contributed by atoms with Crippen LogP contribution < -0.4 is 5.14 Å². The number of azo groups is 1. The Morgan fingerprint density at radius 2 is 2.00 bits per heavy atom. The molecule has 0 atom stereocenters. The van der Waals surface area contributed by atoms with Gasteiger partial charge in [0.15, 0.2) is 0 Å². The number of aromatic hydroxyl groups is 1. The third-order valence-corrected chi connectivity index (χ3v) is 7.16. The van der Waals surface area contributed by atoms with Crippen LogP contribution in [0.3, 0.4) is 0 Å². The average molecular weight is 477 g/mol. The summed E-state index contributed by atoms with van der Waals surface area (Å²) < 4.78 is 29.4. The van der Waals surface area contributed by atoms with Gasteiger partial charge in [0.25, 0.3) is 0 Å². The van der Waals surface area contributed by atoms with Crippen LogP contribution in [0.2, 0.25) is 0 Å². The Morgan fingerprint density at radius 3 is 2.71 bits per heavy atom. The minimum Gasteiger partial charge on any atom is -0.507 e. The Kier molecular flexibility index (Phi) is 5.47. The number of phenols is 1. The molecule has 2 aromatic carbocycles. The molecule has 0 spiro atoms. The van der Waals surface area contributed by atoms with Gasteiger partial charge in [0.05, 0.1) is 32.0 Å². The largest absolute Gasteiger partial charge is 0.507 e. The van der Waals surface area contributed by atoms with E-state index >= 15 is 0 Å².